The first-order chi connectivity index (χ1) is 9.75. The second-order valence-corrected chi connectivity index (χ2v) is 5.86. The summed E-state index contributed by atoms with van der Waals surface area (Å²) < 4.78 is 3.99. The van der Waals surface area contributed by atoms with Gasteiger partial charge < -0.3 is 9.67 Å². The van der Waals surface area contributed by atoms with Crippen molar-refractivity contribution in [1.29, 1.82) is 0 Å². The van der Waals surface area contributed by atoms with Crippen LogP contribution in [0.25, 0.3) is 11.2 Å². The summed E-state index contributed by atoms with van der Waals surface area (Å²) in [6.45, 7) is 3.74. The van der Waals surface area contributed by atoms with E-state index in [1.165, 1.54) is 18.7 Å². The van der Waals surface area contributed by atoms with Gasteiger partial charge in [0, 0.05) is 20.1 Å². The number of thioether (sulfide) groups is 1. The molecule has 0 unspecified atom stereocenters. The number of imidazole rings is 1. The third-order valence-corrected chi connectivity index (χ3v) is 4.04. The number of fused-ring (bicyclic) bond motifs is 1. The number of nitrogens with zero attached hydrogens (tertiary/aromatic N) is 4. The lowest BCUT2D eigenvalue weighted by Crippen LogP contribution is -2.37. The Morgan fingerprint density at radius 1 is 1.29 bits per heavy atom. The van der Waals surface area contributed by atoms with Gasteiger partial charge in [-0.25, -0.2) is 9.78 Å². The molecule has 0 radical (unpaired) electrons. The van der Waals surface area contributed by atoms with Crippen LogP contribution in [-0.2, 0) is 18.9 Å². The molecule has 0 saturated carbocycles. The molecule has 1 N–H and O–H groups in total. The Morgan fingerprint density at radius 2 is 1.90 bits per heavy atom. The number of carboxylic acids is 1. The fraction of sp³-hybridized carbons (Fsp3) is 0.500. The number of aliphatic carboxylic acids is 1. The van der Waals surface area contributed by atoms with Crippen LogP contribution in [-0.4, -0.2) is 35.5 Å². The van der Waals surface area contributed by atoms with Crippen LogP contribution < -0.4 is 11.2 Å². The summed E-state index contributed by atoms with van der Waals surface area (Å²) in [5.41, 5.74) is -0.320. The van der Waals surface area contributed by atoms with Gasteiger partial charge in [-0.05, 0) is 13.8 Å². The highest BCUT2D eigenvalue weighted by molar-refractivity contribution is 7.99. The number of carbonyl (C=O) groups is 1. The zero-order valence-electron chi connectivity index (χ0n) is 12.2. The normalized spacial score (nSPS) is 11.5. The molecule has 21 heavy (non-hydrogen) atoms. The van der Waals surface area contributed by atoms with Gasteiger partial charge in [0.2, 0.25) is 0 Å². The number of aryl methyl sites for hydroxylation is 1. The summed E-state index contributed by atoms with van der Waals surface area (Å²) in [4.78, 5) is 39.3. The molecule has 0 aliphatic carbocycles. The number of hydrogen-bond donors (Lipinski definition) is 1. The Hall–Kier alpha value is -2.03. The number of hydrogen-bond acceptors (Lipinski definition) is 5. The van der Waals surface area contributed by atoms with Crippen LogP contribution in [0.1, 0.15) is 19.9 Å². The van der Waals surface area contributed by atoms with Crippen LogP contribution in [0.15, 0.2) is 14.7 Å². The quantitative estimate of drug-likeness (QED) is 0.809. The average molecular weight is 312 g/mol. The number of carboxylic acid groups (broad SMARTS) is 1. The molecule has 8 nitrogen and oxygen atoms in total. The van der Waals surface area contributed by atoms with E-state index in [4.69, 9.17) is 5.11 Å². The van der Waals surface area contributed by atoms with Crippen LogP contribution in [0, 0.1) is 0 Å². The minimum Gasteiger partial charge on any atom is -0.481 e. The van der Waals surface area contributed by atoms with Gasteiger partial charge in [0.25, 0.3) is 5.56 Å². The van der Waals surface area contributed by atoms with Crippen molar-refractivity contribution in [3.8, 4) is 0 Å². The zero-order valence-corrected chi connectivity index (χ0v) is 13.0. The largest absolute Gasteiger partial charge is 0.481 e. The number of aromatic nitrogens is 4. The van der Waals surface area contributed by atoms with Crippen LogP contribution in [0.3, 0.4) is 0 Å². The van der Waals surface area contributed by atoms with Gasteiger partial charge in [0.15, 0.2) is 16.3 Å². The summed E-state index contributed by atoms with van der Waals surface area (Å²) in [5, 5.41) is 9.21. The van der Waals surface area contributed by atoms with E-state index in [-0.39, 0.29) is 17.4 Å². The fourth-order valence-corrected chi connectivity index (χ4v) is 2.95. The molecule has 0 aromatic carbocycles. The van der Waals surface area contributed by atoms with E-state index in [0.29, 0.717) is 10.7 Å². The first kappa shape index (κ1) is 15.4. The molecule has 0 spiro atoms. The van der Waals surface area contributed by atoms with Crippen molar-refractivity contribution in [2.24, 2.45) is 14.1 Å². The fourth-order valence-electron chi connectivity index (χ4n) is 2.10. The molecule has 2 rings (SSSR count). The third kappa shape index (κ3) is 2.48. The second-order valence-electron chi connectivity index (χ2n) is 4.92. The van der Waals surface area contributed by atoms with Crippen molar-refractivity contribution < 1.29 is 9.90 Å². The highest BCUT2D eigenvalue weighted by atomic mass is 32.2. The minimum absolute atomic E-state index is 0.0866. The van der Waals surface area contributed by atoms with Gasteiger partial charge in [-0.2, -0.15) is 0 Å². The van der Waals surface area contributed by atoms with Crippen molar-refractivity contribution in [2.75, 3.05) is 5.75 Å². The maximum atomic E-state index is 12.3. The smallest absolute Gasteiger partial charge is 0.332 e. The molecule has 2 heterocycles. The third-order valence-electron chi connectivity index (χ3n) is 3.10. The summed E-state index contributed by atoms with van der Waals surface area (Å²) in [7, 11) is 2.94. The maximum absolute atomic E-state index is 12.3. The van der Waals surface area contributed by atoms with Gasteiger partial charge in [-0.3, -0.25) is 18.7 Å². The zero-order chi connectivity index (χ0) is 15.9. The van der Waals surface area contributed by atoms with Crippen LogP contribution in [0.4, 0.5) is 0 Å². The van der Waals surface area contributed by atoms with Crippen molar-refractivity contribution in [3.05, 3.63) is 20.8 Å². The average Bonchev–Trinajstić information content (AvgIpc) is 2.80. The molecular weight excluding hydrogens is 296 g/mol. The monoisotopic (exact) mass is 312 g/mol. The van der Waals surface area contributed by atoms with Gasteiger partial charge in [0.05, 0.1) is 5.75 Å². The van der Waals surface area contributed by atoms with Gasteiger partial charge in [-0.1, -0.05) is 11.8 Å². The summed E-state index contributed by atoms with van der Waals surface area (Å²) >= 11 is 1.03. The minimum atomic E-state index is -0.968. The van der Waals surface area contributed by atoms with E-state index < -0.39 is 17.2 Å². The van der Waals surface area contributed by atoms with Crippen molar-refractivity contribution in [2.45, 2.75) is 25.0 Å². The Bertz CT molecular complexity index is 830. The van der Waals surface area contributed by atoms with E-state index in [0.717, 1.165) is 16.3 Å². The van der Waals surface area contributed by atoms with Gasteiger partial charge in [0.1, 0.15) is 0 Å². The highest BCUT2D eigenvalue weighted by Gasteiger charge is 2.21. The second kappa shape index (κ2) is 5.40. The molecule has 0 bridgehead atoms. The molecule has 0 aliphatic heterocycles. The first-order valence-corrected chi connectivity index (χ1v) is 7.26. The maximum Gasteiger partial charge on any atom is 0.332 e. The van der Waals surface area contributed by atoms with Crippen molar-refractivity contribution >= 4 is 28.9 Å². The van der Waals surface area contributed by atoms with Crippen molar-refractivity contribution in [3.63, 3.8) is 0 Å². The molecule has 0 atom stereocenters. The van der Waals surface area contributed by atoms with E-state index in [1.54, 1.807) is 4.57 Å². The van der Waals surface area contributed by atoms with Crippen LogP contribution in [0.5, 0.6) is 0 Å². The first-order valence-electron chi connectivity index (χ1n) is 6.28. The molecule has 0 saturated heterocycles. The molecule has 114 valence electrons. The van der Waals surface area contributed by atoms with Crippen LogP contribution in [0.2, 0.25) is 0 Å². The summed E-state index contributed by atoms with van der Waals surface area (Å²) in [6.07, 6.45) is 0. The van der Waals surface area contributed by atoms with Gasteiger partial charge in [-0.15, -0.1) is 0 Å². The summed E-state index contributed by atoms with van der Waals surface area (Å²) in [6, 6.07) is -0.0866. The Kier molecular flexibility index (Phi) is 3.95. The van der Waals surface area contributed by atoms with E-state index in [2.05, 4.69) is 4.98 Å². The van der Waals surface area contributed by atoms with E-state index >= 15 is 0 Å². The molecule has 0 fully saturated rings. The number of rotatable bonds is 4. The summed E-state index contributed by atoms with van der Waals surface area (Å²) in [5.74, 6) is -1.13. The molecule has 2 aromatic rings. The lowest BCUT2D eigenvalue weighted by Gasteiger charge is -2.12. The molecule has 2 aromatic heterocycles. The SMILES string of the molecule is CC(C)n1c(SCC(=O)O)nc2c1c(=O)n(C)c(=O)n2C. The lowest BCUT2D eigenvalue weighted by molar-refractivity contribution is -0.133. The standard InChI is InChI=1S/C12H16N4O4S/c1-6(2)16-8-9(13-11(16)21-5-7(17)18)14(3)12(20)15(4)10(8)19/h6H,5H2,1-4H3,(H,17,18). The van der Waals surface area contributed by atoms with E-state index in [1.807, 2.05) is 13.8 Å². The predicted octanol–water partition coefficient (Wildman–Crippen LogP) is 0.191. The predicted molar refractivity (Wildman–Crippen MR) is 79.0 cm³/mol. The lowest BCUT2D eigenvalue weighted by atomic mass is 10.4. The van der Waals surface area contributed by atoms with Gasteiger partial charge >= 0.3 is 11.7 Å². The van der Waals surface area contributed by atoms with E-state index in [9.17, 15) is 14.4 Å². The van der Waals surface area contributed by atoms with Crippen LogP contribution >= 0.6 is 11.8 Å². The Morgan fingerprint density at radius 3 is 2.43 bits per heavy atom. The molecule has 9 heteroatoms. The Labute approximate surface area is 124 Å². The molecule has 0 aliphatic rings. The molecule has 0 amide bonds. The topological polar surface area (TPSA) is 99.1 Å². The highest BCUT2D eigenvalue weighted by Crippen LogP contribution is 2.25. The van der Waals surface area contributed by atoms with Crippen molar-refractivity contribution in [1.82, 2.24) is 18.7 Å². The Balaban J connectivity index is 2.84. The molecular formula is C12H16N4O4S.